The first-order valence-electron chi connectivity index (χ1n) is 37.0. The molecule has 0 aliphatic heterocycles. The molecule has 0 saturated heterocycles. The Morgan fingerprint density at radius 3 is 0.917 bits per heavy atom. The Morgan fingerprint density at radius 1 is 0.213 bits per heavy atom. The third kappa shape index (κ3) is 9.33. The summed E-state index contributed by atoms with van der Waals surface area (Å²) < 4.78 is 12.8. The molecule has 0 fully saturated rings. The Bertz CT molecular complexity index is 7280. The van der Waals surface area contributed by atoms with Crippen LogP contribution in [-0.2, 0) is 5.41 Å². The summed E-state index contributed by atoms with van der Waals surface area (Å²) in [5.74, 6) is 0. The number of fused-ring (bicyclic) bond motifs is 28. The van der Waals surface area contributed by atoms with Crippen molar-refractivity contribution < 1.29 is 8.83 Å². The second-order valence-corrected chi connectivity index (χ2v) is 29.2. The number of furan rings is 2. The lowest BCUT2D eigenvalue weighted by Crippen LogP contribution is -2.25. The van der Waals surface area contributed by atoms with Crippen molar-refractivity contribution in [1.29, 1.82) is 0 Å². The number of hydrogen-bond donors (Lipinski definition) is 0. The highest BCUT2D eigenvalue weighted by Gasteiger charge is 2.51. The fraction of sp³-hybridized carbons (Fsp3) is 0.0392. The third-order valence-corrected chi connectivity index (χ3v) is 23.2. The quantitative estimate of drug-likeness (QED) is 0.154. The summed E-state index contributed by atoms with van der Waals surface area (Å²) in [7, 11) is 0. The molecule has 1 spiro atoms. The van der Waals surface area contributed by atoms with E-state index < -0.39 is 0 Å². The van der Waals surface area contributed by atoms with Crippen molar-refractivity contribution in [3.05, 3.63) is 373 Å². The number of aryl methyl sites for hydroxylation is 3. The van der Waals surface area contributed by atoms with E-state index in [2.05, 4.69) is 335 Å². The number of aromatic nitrogens is 4. The van der Waals surface area contributed by atoms with Crippen molar-refractivity contribution >= 4 is 109 Å². The predicted octanol–water partition coefficient (Wildman–Crippen LogP) is 26.9. The first-order chi connectivity index (χ1) is 53.2. The first-order valence-corrected chi connectivity index (χ1v) is 37.0. The van der Waals surface area contributed by atoms with Gasteiger partial charge in [-0.25, -0.2) is 0 Å². The minimum atomic E-state index is -0.380. The minimum absolute atomic E-state index is 0.380. The van der Waals surface area contributed by atoms with Crippen LogP contribution in [0.3, 0.4) is 0 Å². The van der Waals surface area contributed by atoms with Gasteiger partial charge in [-0.2, -0.15) is 0 Å². The van der Waals surface area contributed by atoms with Gasteiger partial charge in [0.2, 0.25) is 0 Å². The molecule has 4 aromatic heterocycles. The van der Waals surface area contributed by atoms with Crippen LogP contribution in [0.2, 0.25) is 0 Å². The number of rotatable bonds is 6. The van der Waals surface area contributed by atoms with Crippen molar-refractivity contribution in [3.8, 4) is 89.0 Å². The topological polar surface area (TPSA) is 77.8 Å². The molecular weight excluding hydrogens is 1310 g/mol. The summed E-state index contributed by atoms with van der Waals surface area (Å²) in [5.41, 5.74) is 35.7. The molecule has 4 heterocycles. The Kier molecular flexibility index (Phi) is 13.6. The molecule has 0 N–H and O–H groups in total. The molecule has 2 aliphatic rings. The molecule has 0 radical (unpaired) electrons. The lowest BCUT2D eigenvalue weighted by atomic mass is 9.70. The van der Waals surface area contributed by atoms with Gasteiger partial charge in [0.25, 0.3) is 0 Å². The van der Waals surface area contributed by atoms with Gasteiger partial charge in [0.05, 0.1) is 27.5 Å². The van der Waals surface area contributed by atoms with Crippen LogP contribution < -0.4 is 0 Å². The van der Waals surface area contributed by atoms with Crippen LogP contribution in [-0.4, -0.2) is 19.9 Å². The van der Waals surface area contributed by atoms with Crippen molar-refractivity contribution in [2.75, 3.05) is 0 Å². The summed E-state index contributed by atoms with van der Waals surface area (Å²) in [6.07, 6.45) is 7.11. The Balaban J connectivity index is 0.000000140. The normalized spacial score (nSPS) is 12.7. The van der Waals surface area contributed by atoms with E-state index in [1.54, 1.807) is 24.8 Å². The zero-order valence-corrected chi connectivity index (χ0v) is 59.4. The van der Waals surface area contributed by atoms with Gasteiger partial charge in [-0.1, -0.05) is 236 Å². The van der Waals surface area contributed by atoms with E-state index in [9.17, 15) is 0 Å². The van der Waals surface area contributed by atoms with Gasteiger partial charge >= 0.3 is 0 Å². The van der Waals surface area contributed by atoms with Crippen LogP contribution in [0.4, 0.5) is 0 Å². The fourth-order valence-electron chi connectivity index (χ4n) is 18.5. The number of nitrogens with zero attached hydrogens (tertiary/aromatic N) is 4. The fourth-order valence-corrected chi connectivity index (χ4v) is 18.5. The summed E-state index contributed by atoms with van der Waals surface area (Å²) in [6, 6.07) is 113. The molecular formula is C102H64N4O2. The molecule has 23 rings (SSSR count). The summed E-state index contributed by atoms with van der Waals surface area (Å²) in [5, 5.41) is 13.7. The molecule has 0 unspecified atom stereocenters. The van der Waals surface area contributed by atoms with Crippen LogP contribution in [0, 0.1) is 20.8 Å². The Labute approximate surface area is 622 Å². The standard InChI is InChI=1S/C59H34N2O.C43H30N2O/c1-2-16-46-41(12-1)48-31-37(21-25-47(48)58-57(46)60-28-29-61-58)35-10-9-11-36(30-35)38-22-26-55-49(32-38)50-33-39(23-27-56(50)62-55)40-20-24-45-44-15-5-8-19-53(44)59(54(45)34-40)51-17-6-3-13-42(51)43-14-4-7-18-52(43)59;1-25-19-26(2)41(27(3)20-25)32-13-16-40-38(24-32)37-23-31(12-15-39(37)46-40)29-8-6-7-28(21-29)30-11-14-35-36(22-30)33-9-4-5-10-34(33)42-43(35)45-18-17-44-42/h1-34H;4-24H,1-3H3. The van der Waals surface area contributed by atoms with Crippen molar-refractivity contribution in [1.82, 2.24) is 19.9 Å². The average Bonchev–Trinajstić information content (AvgIpc) is 1.50. The van der Waals surface area contributed by atoms with E-state index in [0.29, 0.717) is 0 Å². The number of benzene rings is 17. The molecule has 6 heteroatoms. The maximum Gasteiger partial charge on any atom is 0.135 e. The van der Waals surface area contributed by atoms with Crippen LogP contribution in [0.5, 0.6) is 0 Å². The van der Waals surface area contributed by atoms with Crippen LogP contribution >= 0.6 is 0 Å². The van der Waals surface area contributed by atoms with Crippen LogP contribution in [0.1, 0.15) is 38.9 Å². The highest BCUT2D eigenvalue weighted by atomic mass is 16.3. The van der Waals surface area contributed by atoms with Crippen LogP contribution in [0.25, 0.3) is 198 Å². The average molecular weight is 1380 g/mol. The van der Waals surface area contributed by atoms with Gasteiger partial charge in [0.15, 0.2) is 0 Å². The van der Waals surface area contributed by atoms with Gasteiger partial charge in [-0.15, -0.1) is 0 Å². The van der Waals surface area contributed by atoms with Crippen molar-refractivity contribution in [2.45, 2.75) is 26.2 Å². The molecule has 0 amide bonds. The maximum absolute atomic E-state index is 6.49. The van der Waals surface area contributed by atoms with E-state index in [1.165, 1.54) is 122 Å². The van der Waals surface area contributed by atoms with Crippen molar-refractivity contribution in [2.24, 2.45) is 0 Å². The van der Waals surface area contributed by atoms with E-state index in [-0.39, 0.29) is 5.41 Å². The maximum atomic E-state index is 6.49. The zero-order chi connectivity index (χ0) is 71.5. The highest BCUT2D eigenvalue weighted by Crippen LogP contribution is 2.63. The van der Waals surface area contributed by atoms with Crippen LogP contribution in [0.15, 0.2) is 343 Å². The smallest absolute Gasteiger partial charge is 0.135 e. The molecule has 0 bridgehead atoms. The lowest BCUT2D eigenvalue weighted by molar-refractivity contribution is 0.668. The second kappa shape index (κ2) is 23.8. The molecule has 2 aliphatic carbocycles. The van der Waals surface area contributed by atoms with E-state index >= 15 is 0 Å². The predicted molar refractivity (Wildman–Crippen MR) is 447 cm³/mol. The molecule has 504 valence electrons. The Morgan fingerprint density at radius 2 is 0.509 bits per heavy atom. The summed E-state index contributed by atoms with van der Waals surface area (Å²) in [4.78, 5) is 18.9. The Hall–Kier alpha value is -13.9. The molecule has 0 saturated carbocycles. The largest absolute Gasteiger partial charge is 0.456 e. The third-order valence-electron chi connectivity index (χ3n) is 23.2. The lowest BCUT2D eigenvalue weighted by Gasteiger charge is -2.30. The molecule has 6 nitrogen and oxygen atoms in total. The van der Waals surface area contributed by atoms with E-state index in [1.807, 2.05) is 0 Å². The minimum Gasteiger partial charge on any atom is -0.456 e. The SMILES string of the molecule is Cc1cc(C)c(-c2ccc3oc4ccc(-c5cccc(-c6ccc7c(c6)c6ccccc6c6nccnc76)c5)cc4c3c2)c(C)c1.c1cc(-c2ccc3oc4ccc(-c5ccc6c(c5)C5(c7ccccc7-c7ccccc75)c5ccccc5-6)cc4c3c2)cc(-c2ccc3c(c2)c2ccccc2c2nccnc32)c1. The molecule has 21 aromatic rings. The van der Waals surface area contributed by atoms with E-state index in [0.717, 1.165) is 115 Å². The first kappa shape index (κ1) is 61.5. The molecule has 108 heavy (non-hydrogen) atoms. The van der Waals surface area contributed by atoms with Gasteiger partial charge in [0.1, 0.15) is 22.3 Å². The monoisotopic (exact) mass is 1380 g/mol. The van der Waals surface area contributed by atoms with Gasteiger partial charge in [-0.05, 0) is 244 Å². The van der Waals surface area contributed by atoms with E-state index in [4.69, 9.17) is 23.8 Å². The summed E-state index contributed by atoms with van der Waals surface area (Å²) in [6.45, 7) is 6.56. The zero-order valence-electron chi connectivity index (χ0n) is 59.4. The van der Waals surface area contributed by atoms with Crippen molar-refractivity contribution in [3.63, 3.8) is 0 Å². The molecule has 17 aromatic carbocycles. The molecule has 0 atom stereocenters. The van der Waals surface area contributed by atoms with Gasteiger partial charge < -0.3 is 8.83 Å². The second-order valence-electron chi connectivity index (χ2n) is 29.2. The van der Waals surface area contributed by atoms with Gasteiger partial charge in [-0.3, -0.25) is 19.9 Å². The summed E-state index contributed by atoms with van der Waals surface area (Å²) >= 11 is 0. The van der Waals surface area contributed by atoms with Gasteiger partial charge in [0, 0.05) is 67.9 Å². The number of hydrogen-bond acceptors (Lipinski definition) is 6. The highest BCUT2D eigenvalue weighted by molar-refractivity contribution is 6.25.